The Kier molecular flexibility index (Phi) is 6.44. The van der Waals surface area contributed by atoms with Gasteiger partial charge in [-0.15, -0.1) is 0 Å². The number of hydrogen-bond acceptors (Lipinski definition) is 3. The molecule has 0 aromatic heterocycles. The number of hydrogen-bond donors (Lipinski definition) is 1. The minimum absolute atomic E-state index is 0.0296. The zero-order valence-corrected chi connectivity index (χ0v) is 14.8. The molecule has 2 aromatic rings. The lowest BCUT2D eigenvalue weighted by molar-refractivity contribution is -0.137. The monoisotopic (exact) mass is 380 g/mol. The lowest BCUT2D eigenvalue weighted by Gasteiger charge is -2.14. The van der Waals surface area contributed by atoms with E-state index in [0.29, 0.717) is 17.9 Å². The first-order valence-electron chi connectivity index (χ1n) is 8.16. The number of nitrogens with one attached hydrogen (secondary N) is 1. The highest BCUT2D eigenvalue weighted by molar-refractivity contribution is 5.94. The number of halogens is 3. The van der Waals surface area contributed by atoms with Crippen LogP contribution in [0, 0.1) is 0 Å². The molecule has 27 heavy (non-hydrogen) atoms. The summed E-state index contributed by atoms with van der Waals surface area (Å²) in [6.45, 7) is 2.06. The molecule has 0 bridgehead atoms. The van der Waals surface area contributed by atoms with Crippen molar-refractivity contribution in [3.05, 3.63) is 59.7 Å². The average Bonchev–Trinajstić information content (AvgIpc) is 2.65. The zero-order valence-electron chi connectivity index (χ0n) is 14.8. The molecule has 0 unspecified atom stereocenters. The number of benzene rings is 2. The molecule has 0 spiro atoms. The number of rotatable bonds is 6. The molecule has 0 aliphatic carbocycles. The largest absolute Gasteiger partial charge is 0.484 e. The number of ether oxygens (including phenoxy) is 1. The molecule has 0 atom stereocenters. The summed E-state index contributed by atoms with van der Waals surface area (Å²) in [4.78, 5) is 25.4. The molecule has 0 saturated carbocycles. The van der Waals surface area contributed by atoms with E-state index in [4.69, 9.17) is 4.74 Å². The van der Waals surface area contributed by atoms with Gasteiger partial charge in [0.2, 0.25) is 0 Å². The quantitative estimate of drug-likeness (QED) is 0.829. The summed E-state index contributed by atoms with van der Waals surface area (Å²) >= 11 is 0. The van der Waals surface area contributed by atoms with Crippen molar-refractivity contribution in [2.45, 2.75) is 13.1 Å². The summed E-state index contributed by atoms with van der Waals surface area (Å²) in [5.41, 5.74) is -0.333. The Morgan fingerprint density at radius 3 is 2.37 bits per heavy atom. The average molecular weight is 380 g/mol. The van der Waals surface area contributed by atoms with Crippen LogP contribution >= 0.6 is 0 Å². The van der Waals surface area contributed by atoms with Crippen molar-refractivity contribution in [2.24, 2.45) is 0 Å². The summed E-state index contributed by atoms with van der Waals surface area (Å²) < 4.78 is 43.3. The smallest absolute Gasteiger partial charge is 0.416 e. The summed E-state index contributed by atoms with van der Waals surface area (Å²) in [6, 6.07) is 10.6. The molecule has 0 aliphatic heterocycles. The molecule has 2 aromatic carbocycles. The molecule has 2 rings (SSSR count). The van der Waals surface area contributed by atoms with Crippen molar-refractivity contribution in [3.8, 4) is 5.75 Å². The fourth-order valence-corrected chi connectivity index (χ4v) is 2.18. The van der Waals surface area contributed by atoms with Crippen LogP contribution in [0.5, 0.6) is 5.75 Å². The Bertz CT molecular complexity index is 805. The second kappa shape index (κ2) is 8.57. The Balaban J connectivity index is 1.91. The molecule has 5 nitrogen and oxygen atoms in total. The number of alkyl halides is 3. The highest BCUT2D eigenvalue weighted by atomic mass is 19.4. The summed E-state index contributed by atoms with van der Waals surface area (Å²) in [5.74, 6) is -0.364. The maximum Gasteiger partial charge on any atom is 0.416 e. The second-order valence-electron chi connectivity index (χ2n) is 5.76. The van der Waals surface area contributed by atoms with E-state index in [9.17, 15) is 22.8 Å². The van der Waals surface area contributed by atoms with E-state index in [-0.39, 0.29) is 18.2 Å². The summed E-state index contributed by atoms with van der Waals surface area (Å²) in [7, 11) is 1.69. The molecular weight excluding hydrogens is 361 g/mol. The van der Waals surface area contributed by atoms with Crippen LogP contribution in [0.3, 0.4) is 0 Å². The van der Waals surface area contributed by atoms with Crippen molar-refractivity contribution in [2.75, 3.05) is 25.5 Å². The van der Waals surface area contributed by atoms with Gasteiger partial charge in [-0.25, -0.2) is 0 Å². The molecule has 0 radical (unpaired) electrons. The van der Waals surface area contributed by atoms with Crippen LogP contribution in [-0.4, -0.2) is 36.9 Å². The van der Waals surface area contributed by atoms with Crippen LogP contribution in [0.25, 0.3) is 0 Å². The summed E-state index contributed by atoms with van der Waals surface area (Å²) in [6.07, 6.45) is -4.48. The minimum Gasteiger partial charge on any atom is -0.484 e. The Hall–Kier alpha value is -3.03. The third kappa shape index (κ3) is 5.73. The van der Waals surface area contributed by atoms with E-state index in [1.807, 2.05) is 6.92 Å². The normalized spacial score (nSPS) is 11.0. The molecular formula is C19H19F3N2O3. The lowest BCUT2D eigenvalue weighted by atomic mass is 10.2. The Labute approximate surface area is 154 Å². The van der Waals surface area contributed by atoms with Gasteiger partial charge in [0.05, 0.1) is 5.56 Å². The zero-order chi connectivity index (χ0) is 20.0. The molecule has 0 saturated heterocycles. The fraction of sp³-hybridized carbons (Fsp3) is 0.263. The van der Waals surface area contributed by atoms with Crippen LogP contribution in [0.15, 0.2) is 48.5 Å². The lowest BCUT2D eigenvalue weighted by Crippen LogP contribution is -2.26. The maximum absolute atomic E-state index is 12.7. The third-order valence-corrected chi connectivity index (χ3v) is 3.77. The molecule has 144 valence electrons. The van der Waals surface area contributed by atoms with Gasteiger partial charge < -0.3 is 15.0 Å². The van der Waals surface area contributed by atoms with E-state index >= 15 is 0 Å². The van der Waals surface area contributed by atoms with Gasteiger partial charge in [-0.1, -0.05) is 6.07 Å². The first kappa shape index (κ1) is 20.3. The molecule has 0 heterocycles. The molecule has 0 aliphatic rings. The van der Waals surface area contributed by atoms with Gasteiger partial charge in [0.15, 0.2) is 6.61 Å². The van der Waals surface area contributed by atoms with Crippen LogP contribution in [0.2, 0.25) is 0 Å². The Morgan fingerprint density at radius 2 is 1.78 bits per heavy atom. The van der Waals surface area contributed by atoms with Gasteiger partial charge in [0, 0.05) is 24.8 Å². The van der Waals surface area contributed by atoms with Crippen molar-refractivity contribution < 1.29 is 27.5 Å². The van der Waals surface area contributed by atoms with Gasteiger partial charge in [0.25, 0.3) is 11.8 Å². The second-order valence-corrected chi connectivity index (χ2v) is 5.76. The predicted molar refractivity (Wildman–Crippen MR) is 94.6 cm³/mol. The van der Waals surface area contributed by atoms with Crippen molar-refractivity contribution in [3.63, 3.8) is 0 Å². The first-order chi connectivity index (χ1) is 12.7. The van der Waals surface area contributed by atoms with Crippen molar-refractivity contribution >= 4 is 17.5 Å². The number of carbonyl (C=O) groups excluding carboxylic acids is 2. The van der Waals surface area contributed by atoms with Gasteiger partial charge >= 0.3 is 6.18 Å². The third-order valence-electron chi connectivity index (χ3n) is 3.77. The topological polar surface area (TPSA) is 58.6 Å². The first-order valence-corrected chi connectivity index (χ1v) is 8.16. The minimum atomic E-state index is -4.48. The van der Waals surface area contributed by atoms with Gasteiger partial charge in [0.1, 0.15) is 5.75 Å². The standard InChI is InChI=1S/C19H19F3N2O3/c1-3-24(2)18(26)13-7-9-16(10-8-13)27-12-17(25)23-15-6-4-5-14(11-15)19(20,21)22/h4-11H,3,12H2,1-2H3,(H,23,25). The molecule has 1 N–H and O–H groups in total. The van der Waals surface area contributed by atoms with Gasteiger partial charge in [-0.05, 0) is 49.4 Å². The van der Waals surface area contributed by atoms with Crippen molar-refractivity contribution in [1.82, 2.24) is 4.90 Å². The van der Waals surface area contributed by atoms with E-state index in [0.717, 1.165) is 12.1 Å². The van der Waals surface area contributed by atoms with E-state index < -0.39 is 17.6 Å². The van der Waals surface area contributed by atoms with Crippen LogP contribution < -0.4 is 10.1 Å². The van der Waals surface area contributed by atoms with Crippen molar-refractivity contribution in [1.29, 1.82) is 0 Å². The number of carbonyl (C=O) groups is 2. The Morgan fingerprint density at radius 1 is 1.11 bits per heavy atom. The summed E-state index contributed by atoms with van der Waals surface area (Å²) in [5, 5.41) is 2.35. The van der Waals surface area contributed by atoms with Crippen LogP contribution in [0.1, 0.15) is 22.8 Å². The molecule has 2 amide bonds. The predicted octanol–water partition coefficient (Wildman–Crippen LogP) is 3.81. The molecule has 8 heteroatoms. The number of amides is 2. The van der Waals surface area contributed by atoms with E-state index in [1.54, 1.807) is 36.2 Å². The van der Waals surface area contributed by atoms with Crippen LogP contribution in [0.4, 0.5) is 18.9 Å². The van der Waals surface area contributed by atoms with Gasteiger partial charge in [-0.2, -0.15) is 13.2 Å². The SMILES string of the molecule is CCN(C)C(=O)c1ccc(OCC(=O)Nc2cccc(C(F)(F)F)c2)cc1. The maximum atomic E-state index is 12.7. The number of anilines is 1. The van der Waals surface area contributed by atoms with Gasteiger partial charge in [-0.3, -0.25) is 9.59 Å². The number of nitrogens with zero attached hydrogens (tertiary/aromatic N) is 1. The fourth-order valence-electron chi connectivity index (χ4n) is 2.18. The van der Waals surface area contributed by atoms with E-state index in [2.05, 4.69) is 5.32 Å². The van der Waals surface area contributed by atoms with Crippen LogP contribution in [-0.2, 0) is 11.0 Å². The molecule has 0 fully saturated rings. The van der Waals surface area contributed by atoms with E-state index in [1.165, 1.54) is 12.1 Å². The highest BCUT2D eigenvalue weighted by Crippen LogP contribution is 2.30. The highest BCUT2D eigenvalue weighted by Gasteiger charge is 2.30.